The van der Waals surface area contributed by atoms with Crippen LogP contribution in [0.1, 0.15) is 65.2 Å². The molecule has 0 amide bonds. The van der Waals surface area contributed by atoms with Crippen molar-refractivity contribution in [3.05, 3.63) is 11.6 Å². The van der Waals surface area contributed by atoms with E-state index in [1.165, 1.54) is 32.1 Å². The van der Waals surface area contributed by atoms with Gasteiger partial charge in [-0.05, 0) is 68.1 Å². The zero-order valence-corrected chi connectivity index (χ0v) is 13.8. The monoisotopic (exact) mass is 301 g/mol. The summed E-state index contributed by atoms with van der Waals surface area (Å²) in [5.41, 5.74) is 2.23. The molecule has 3 saturated carbocycles. The molecule has 4 rings (SSSR count). The van der Waals surface area contributed by atoms with Gasteiger partial charge in [-0.3, -0.25) is 4.79 Å². The van der Waals surface area contributed by atoms with Crippen molar-refractivity contribution in [2.24, 2.45) is 33.7 Å². The Labute approximate surface area is 132 Å². The Morgan fingerprint density at radius 3 is 2.77 bits per heavy atom. The minimum absolute atomic E-state index is 0.119. The lowest BCUT2D eigenvalue weighted by atomic mass is 9.47. The highest BCUT2D eigenvalue weighted by Gasteiger charge is 2.60. The van der Waals surface area contributed by atoms with Crippen molar-refractivity contribution in [1.29, 1.82) is 0 Å². The van der Waals surface area contributed by atoms with Gasteiger partial charge in [0.25, 0.3) is 0 Å². The highest BCUT2D eigenvalue weighted by atomic mass is 16.4. The second-order valence-corrected chi connectivity index (χ2v) is 8.49. The molecule has 0 radical (unpaired) electrons. The fraction of sp³-hybridized carbons (Fsp3) is 0.789. The molecule has 3 heteroatoms. The number of allylic oxidation sites excluding steroid dienone is 2. The Kier molecular flexibility index (Phi) is 3.08. The maximum absolute atomic E-state index is 12.6. The second-order valence-electron chi connectivity index (χ2n) is 8.49. The van der Waals surface area contributed by atoms with Gasteiger partial charge in [0.1, 0.15) is 5.71 Å². The molecule has 1 N–H and O–H groups in total. The SMILES string of the molecule is C[C@]12CCCC=C1CCC1C2CC[C@]2(C)C(=O)/C(=N\O)CC12. The smallest absolute Gasteiger partial charge is 0.186 e. The highest BCUT2D eigenvalue weighted by Crippen LogP contribution is 2.64. The van der Waals surface area contributed by atoms with E-state index in [4.69, 9.17) is 0 Å². The van der Waals surface area contributed by atoms with Crippen LogP contribution in [0.5, 0.6) is 0 Å². The average molecular weight is 301 g/mol. The van der Waals surface area contributed by atoms with E-state index in [1.54, 1.807) is 5.57 Å². The van der Waals surface area contributed by atoms with Crippen LogP contribution >= 0.6 is 0 Å². The summed E-state index contributed by atoms with van der Waals surface area (Å²) in [6.45, 7) is 4.61. The maximum atomic E-state index is 12.6. The molecule has 22 heavy (non-hydrogen) atoms. The van der Waals surface area contributed by atoms with Gasteiger partial charge in [-0.25, -0.2) is 0 Å². The van der Waals surface area contributed by atoms with E-state index in [-0.39, 0.29) is 11.2 Å². The van der Waals surface area contributed by atoms with Gasteiger partial charge in [-0.2, -0.15) is 0 Å². The zero-order chi connectivity index (χ0) is 15.5. The molecule has 3 nitrogen and oxygen atoms in total. The molecule has 4 aliphatic carbocycles. The predicted molar refractivity (Wildman–Crippen MR) is 85.9 cm³/mol. The lowest BCUT2D eigenvalue weighted by molar-refractivity contribution is -0.129. The van der Waals surface area contributed by atoms with Gasteiger partial charge in [0.2, 0.25) is 0 Å². The van der Waals surface area contributed by atoms with Gasteiger partial charge < -0.3 is 5.21 Å². The molecule has 3 unspecified atom stereocenters. The van der Waals surface area contributed by atoms with Crippen LogP contribution in [0.2, 0.25) is 0 Å². The first-order valence-corrected chi connectivity index (χ1v) is 8.96. The first-order chi connectivity index (χ1) is 10.5. The minimum atomic E-state index is -0.269. The number of hydrogen-bond acceptors (Lipinski definition) is 3. The van der Waals surface area contributed by atoms with E-state index in [0.29, 0.717) is 29.4 Å². The van der Waals surface area contributed by atoms with Crippen LogP contribution in [0.3, 0.4) is 0 Å². The van der Waals surface area contributed by atoms with Gasteiger partial charge in [-0.15, -0.1) is 0 Å². The van der Waals surface area contributed by atoms with Crippen molar-refractivity contribution in [3.8, 4) is 0 Å². The third-order valence-corrected chi connectivity index (χ3v) is 7.73. The van der Waals surface area contributed by atoms with Gasteiger partial charge in [0.05, 0.1) is 0 Å². The first-order valence-electron chi connectivity index (χ1n) is 8.96. The van der Waals surface area contributed by atoms with Crippen LogP contribution in [0.15, 0.2) is 16.8 Å². The van der Waals surface area contributed by atoms with E-state index in [2.05, 4.69) is 25.1 Å². The quantitative estimate of drug-likeness (QED) is 0.411. The van der Waals surface area contributed by atoms with Crippen LogP contribution in [0.4, 0.5) is 0 Å². The topological polar surface area (TPSA) is 49.7 Å². The normalized spacial score (nSPS) is 49.4. The molecule has 120 valence electrons. The molecule has 0 aromatic carbocycles. The largest absolute Gasteiger partial charge is 0.411 e. The number of carbonyl (C=O) groups excluding carboxylic acids is 1. The van der Waals surface area contributed by atoms with E-state index in [9.17, 15) is 10.0 Å². The van der Waals surface area contributed by atoms with Crippen molar-refractivity contribution < 1.29 is 10.0 Å². The second kappa shape index (κ2) is 4.69. The fourth-order valence-corrected chi connectivity index (χ4v) is 6.45. The molecule has 0 saturated heterocycles. The van der Waals surface area contributed by atoms with E-state index < -0.39 is 0 Å². The summed E-state index contributed by atoms with van der Waals surface area (Å²) >= 11 is 0. The molecule has 0 bridgehead atoms. The van der Waals surface area contributed by atoms with Gasteiger partial charge >= 0.3 is 0 Å². The number of rotatable bonds is 0. The van der Waals surface area contributed by atoms with Crippen molar-refractivity contribution in [1.82, 2.24) is 0 Å². The number of nitrogens with zero attached hydrogens (tertiary/aromatic N) is 1. The molecule has 3 fully saturated rings. The fourth-order valence-electron chi connectivity index (χ4n) is 6.45. The molecule has 0 heterocycles. The summed E-state index contributed by atoms with van der Waals surface area (Å²) in [6, 6.07) is 0. The molecular weight excluding hydrogens is 274 g/mol. The third-order valence-electron chi connectivity index (χ3n) is 7.73. The van der Waals surface area contributed by atoms with Gasteiger partial charge in [0.15, 0.2) is 5.78 Å². The molecule has 0 aliphatic heterocycles. The number of oxime groups is 1. The van der Waals surface area contributed by atoms with E-state index in [0.717, 1.165) is 18.8 Å². The summed E-state index contributed by atoms with van der Waals surface area (Å²) < 4.78 is 0. The van der Waals surface area contributed by atoms with E-state index >= 15 is 0 Å². The van der Waals surface area contributed by atoms with Crippen LogP contribution in [-0.4, -0.2) is 16.7 Å². The number of fused-ring (bicyclic) bond motifs is 5. The first kappa shape index (κ1) is 14.5. The Morgan fingerprint density at radius 2 is 2.00 bits per heavy atom. The Morgan fingerprint density at radius 1 is 1.18 bits per heavy atom. The van der Waals surface area contributed by atoms with Gasteiger partial charge in [0, 0.05) is 11.8 Å². The standard InChI is InChI=1S/C19H27NO2/c1-18-9-4-3-5-12(18)6-7-13-14(18)8-10-19(2)15(13)11-16(20-22)17(19)21/h5,13-15,22H,3-4,6-11H2,1-2H3/b20-16-/t13?,14?,15?,18-,19-/m0/s1. The van der Waals surface area contributed by atoms with Crippen molar-refractivity contribution in [2.75, 3.05) is 0 Å². The number of ketones is 1. The van der Waals surface area contributed by atoms with Crippen molar-refractivity contribution >= 4 is 11.5 Å². The van der Waals surface area contributed by atoms with Gasteiger partial charge in [-0.1, -0.05) is 30.7 Å². The number of carbonyl (C=O) groups is 1. The van der Waals surface area contributed by atoms with Crippen LogP contribution in [0.25, 0.3) is 0 Å². The maximum Gasteiger partial charge on any atom is 0.186 e. The predicted octanol–water partition coefficient (Wildman–Crippen LogP) is 4.35. The Balaban J connectivity index is 1.71. The molecule has 0 aromatic heterocycles. The lowest BCUT2D eigenvalue weighted by Crippen LogP contribution is -2.50. The summed E-state index contributed by atoms with van der Waals surface area (Å²) in [7, 11) is 0. The minimum Gasteiger partial charge on any atom is -0.411 e. The number of hydrogen-bond donors (Lipinski definition) is 1. The van der Waals surface area contributed by atoms with Crippen LogP contribution < -0.4 is 0 Å². The molecule has 5 atom stereocenters. The van der Waals surface area contributed by atoms with Crippen molar-refractivity contribution in [2.45, 2.75) is 65.2 Å². The number of Topliss-reactive ketones (excluding diaryl/α,β-unsaturated/α-hetero) is 1. The summed E-state index contributed by atoms with van der Waals surface area (Å²) in [5, 5.41) is 12.5. The highest BCUT2D eigenvalue weighted by molar-refractivity contribution is 6.43. The third kappa shape index (κ3) is 1.68. The Bertz CT molecular complexity index is 578. The van der Waals surface area contributed by atoms with Crippen LogP contribution in [0, 0.1) is 28.6 Å². The van der Waals surface area contributed by atoms with E-state index in [1.807, 2.05) is 0 Å². The zero-order valence-electron chi connectivity index (χ0n) is 13.8. The average Bonchev–Trinajstić information content (AvgIpc) is 2.78. The summed E-state index contributed by atoms with van der Waals surface area (Å²) in [5.74, 6) is 1.86. The lowest BCUT2D eigenvalue weighted by Gasteiger charge is -2.56. The molecular formula is C19H27NO2. The summed E-state index contributed by atoms with van der Waals surface area (Å²) in [6.07, 6.45) is 11.7. The summed E-state index contributed by atoms with van der Waals surface area (Å²) in [4.78, 5) is 12.6. The molecule has 4 aliphatic rings. The Hall–Kier alpha value is -1.12. The van der Waals surface area contributed by atoms with Crippen molar-refractivity contribution in [3.63, 3.8) is 0 Å². The van der Waals surface area contributed by atoms with Crippen LogP contribution in [-0.2, 0) is 4.79 Å². The molecule has 0 spiro atoms. The molecule has 0 aromatic rings.